The molecule has 56 valence electrons. The summed E-state index contributed by atoms with van der Waals surface area (Å²) in [7, 11) is 0. The van der Waals surface area contributed by atoms with Gasteiger partial charge in [-0.3, -0.25) is 0 Å². The molecule has 2 unspecified atom stereocenters. The molecule has 0 rings (SSSR count). The second-order valence-electron chi connectivity index (χ2n) is 2.32. The quantitative estimate of drug-likeness (QED) is 0.526. The van der Waals surface area contributed by atoms with Crippen molar-refractivity contribution in [3.63, 3.8) is 0 Å². The SMILES string of the molecule is [Li][CH](OCC)C(C)OCC. The topological polar surface area (TPSA) is 18.5 Å². The van der Waals surface area contributed by atoms with Crippen LogP contribution in [0.15, 0.2) is 0 Å². The zero-order chi connectivity index (χ0) is 7.98. The van der Waals surface area contributed by atoms with Crippen LogP contribution < -0.4 is 0 Å². The van der Waals surface area contributed by atoms with Gasteiger partial charge in [-0.05, 0) is 0 Å². The van der Waals surface area contributed by atoms with E-state index >= 15 is 0 Å². The standard InChI is InChI=1S/C7H15O2.Li/c1-4-8-6-7(3)9-5-2;/h6-7H,4-5H2,1-3H3;. The van der Waals surface area contributed by atoms with Crippen LogP contribution in [0.2, 0.25) is 0 Å². The summed E-state index contributed by atoms with van der Waals surface area (Å²) in [6.45, 7) is 7.55. The predicted molar refractivity (Wildman–Crippen MR) is 42.3 cm³/mol. The molecule has 3 heteroatoms. The second kappa shape index (κ2) is 6.24. The Kier molecular flexibility index (Phi) is 6.56. The normalized spacial score (nSPS) is 16.9. The molecule has 0 aromatic carbocycles. The van der Waals surface area contributed by atoms with Gasteiger partial charge < -0.3 is 0 Å². The van der Waals surface area contributed by atoms with Gasteiger partial charge >= 0.3 is 72.1 Å². The first kappa shape index (κ1) is 10.5. The molecule has 0 radical (unpaired) electrons. The van der Waals surface area contributed by atoms with E-state index in [-0.39, 0.29) is 10.9 Å². The molecule has 10 heavy (non-hydrogen) atoms. The van der Waals surface area contributed by atoms with E-state index in [2.05, 4.69) is 0 Å². The number of rotatable bonds is 5. The van der Waals surface area contributed by atoms with Gasteiger partial charge in [0.1, 0.15) is 0 Å². The molecule has 0 fully saturated rings. The van der Waals surface area contributed by atoms with Crippen molar-refractivity contribution in [2.24, 2.45) is 0 Å². The second-order valence-corrected chi connectivity index (χ2v) is 2.32. The Morgan fingerprint density at radius 2 is 1.70 bits per heavy atom. The van der Waals surface area contributed by atoms with E-state index < -0.39 is 0 Å². The van der Waals surface area contributed by atoms with Crippen LogP contribution >= 0.6 is 0 Å². The summed E-state index contributed by atoms with van der Waals surface area (Å²) in [5.41, 5.74) is 0. The summed E-state index contributed by atoms with van der Waals surface area (Å²) in [4.78, 5) is 0. The number of hydrogen-bond donors (Lipinski definition) is 0. The minimum atomic E-state index is 0.213. The first-order valence-electron chi connectivity index (χ1n) is 3.95. The van der Waals surface area contributed by atoms with E-state index in [0.717, 1.165) is 13.2 Å². The zero-order valence-corrected chi connectivity index (χ0v) is 7.39. The average molecular weight is 138 g/mol. The third-order valence-corrected chi connectivity index (χ3v) is 1.52. The first-order chi connectivity index (χ1) is 4.72. The summed E-state index contributed by atoms with van der Waals surface area (Å²) in [5, 5.41) is 0. The van der Waals surface area contributed by atoms with Crippen LogP contribution in [0.5, 0.6) is 0 Å². The Balaban J connectivity index is 3.38. The first-order valence-corrected chi connectivity index (χ1v) is 3.95. The molecule has 0 aliphatic rings. The van der Waals surface area contributed by atoms with Gasteiger partial charge in [0.15, 0.2) is 0 Å². The van der Waals surface area contributed by atoms with E-state index in [1.807, 2.05) is 38.5 Å². The third kappa shape index (κ3) is 4.35. The van der Waals surface area contributed by atoms with Crippen molar-refractivity contribution in [2.45, 2.75) is 31.7 Å². The van der Waals surface area contributed by atoms with Crippen LogP contribution in [0.3, 0.4) is 0 Å². The Labute approximate surface area is 72.5 Å². The molecule has 0 saturated heterocycles. The van der Waals surface area contributed by atoms with Gasteiger partial charge in [-0.1, -0.05) is 0 Å². The van der Waals surface area contributed by atoms with Crippen molar-refractivity contribution < 1.29 is 9.47 Å². The van der Waals surface area contributed by atoms with Gasteiger partial charge in [-0.2, -0.15) is 0 Å². The van der Waals surface area contributed by atoms with Gasteiger partial charge in [0, 0.05) is 0 Å². The van der Waals surface area contributed by atoms with E-state index in [1.54, 1.807) is 0 Å². The number of ether oxygens (including phenoxy) is 2. The maximum atomic E-state index is 5.33. The van der Waals surface area contributed by atoms with Gasteiger partial charge in [0.2, 0.25) is 0 Å². The third-order valence-electron chi connectivity index (χ3n) is 1.52. The van der Waals surface area contributed by atoms with Crippen molar-refractivity contribution in [3.05, 3.63) is 0 Å². The predicted octanol–water partition coefficient (Wildman–Crippen LogP) is 0.943. The summed E-state index contributed by atoms with van der Waals surface area (Å²) < 4.78 is 10.9. The molecule has 0 heterocycles. The molecule has 0 aliphatic carbocycles. The fourth-order valence-corrected chi connectivity index (χ4v) is 0.797. The van der Waals surface area contributed by atoms with Crippen molar-refractivity contribution >= 4 is 17.7 Å². The Hall–Kier alpha value is 0.517. The van der Waals surface area contributed by atoms with Crippen LogP contribution in [-0.2, 0) is 9.47 Å². The maximum absolute atomic E-state index is 5.33. The zero-order valence-electron chi connectivity index (χ0n) is 7.39. The summed E-state index contributed by atoms with van der Waals surface area (Å²) in [6, 6.07) is 0. The van der Waals surface area contributed by atoms with Crippen LogP contribution in [0.25, 0.3) is 0 Å². The van der Waals surface area contributed by atoms with Gasteiger partial charge in [-0.15, -0.1) is 0 Å². The molecule has 2 nitrogen and oxygen atoms in total. The molecule has 0 aromatic rings. The molecule has 0 aliphatic heterocycles. The van der Waals surface area contributed by atoms with Crippen molar-refractivity contribution in [1.82, 2.24) is 0 Å². The fraction of sp³-hybridized carbons (Fsp3) is 1.00. The van der Waals surface area contributed by atoms with Crippen molar-refractivity contribution in [2.75, 3.05) is 13.2 Å². The monoisotopic (exact) mass is 138 g/mol. The molecule has 0 amide bonds. The van der Waals surface area contributed by atoms with Gasteiger partial charge in [0.05, 0.1) is 0 Å². The van der Waals surface area contributed by atoms with Crippen LogP contribution in [-0.4, -0.2) is 41.8 Å². The average Bonchev–Trinajstić information content (AvgIpc) is 1.89. The Bertz CT molecular complexity index is 68.0. The molecule has 0 spiro atoms. The van der Waals surface area contributed by atoms with Gasteiger partial charge in [-0.25, -0.2) is 0 Å². The summed E-state index contributed by atoms with van der Waals surface area (Å²) in [5.74, 6) is 0. The van der Waals surface area contributed by atoms with E-state index in [9.17, 15) is 0 Å². The Morgan fingerprint density at radius 1 is 1.20 bits per heavy atom. The van der Waals surface area contributed by atoms with Gasteiger partial charge in [0.25, 0.3) is 0 Å². The van der Waals surface area contributed by atoms with Crippen molar-refractivity contribution in [3.8, 4) is 0 Å². The molecular formula is C7H15LiO2. The van der Waals surface area contributed by atoms with E-state index in [1.165, 1.54) is 0 Å². The molecule has 0 aromatic heterocycles. The minimum absolute atomic E-state index is 0.213. The van der Waals surface area contributed by atoms with Crippen molar-refractivity contribution in [1.29, 1.82) is 0 Å². The fourth-order valence-electron chi connectivity index (χ4n) is 0.797. The molecule has 0 N–H and O–H groups in total. The van der Waals surface area contributed by atoms with Crippen LogP contribution in [0, 0.1) is 0 Å². The van der Waals surface area contributed by atoms with Crippen LogP contribution in [0.1, 0.15) is 20.8 Å². The van der Waals surface area contributed by atoms with E-state index in [0.29, 0.717) is 0 Å². The Morgan fingerprint density at radius 3 is 2.10 bits per heavy atom. The number of hydrogen-bond acceptors (Lipinski definition) is 2. The van der Waals surface area contributed by atoms with E-state index in [4.69, 9.17) is 9.47 Å². The molecule has 2 atom stereocenters. The van der Waals surface area contributed by atoms with Crippen LogP contribution in [0.4, 0.5) is 0 Å². The summed E-state index contributed by atoms with van der Waals surface area (Å²) >= 11 is 2.03. The molecule has 0 bridgehead atoms. The molecule has 0 saturated carbocycles. The molecular weight excluding hydrogens is 123 g/mol. The summed E-state index contributed by atoms with van der Waals surface area (Å²) in [6.07, 6.45) is 0.213.